The maximum Gasteiger partial charge on any atom is 0.410 e. The average molecular weight is 584 g/mol. The normalized spacial score (nSPS) is 20.6. The number of allylic oxidation sites excluding steroid dienone is 4. The summed E-state index contributed by atoms with van der Waals surface area (Å²) in [5, 5.41) is 0. The van der Waals surface area contributed by atoms with Crippen LogP contribution in [0.4, 0.5) is 13.6 Å². The van der Waals surface area contributed by atoms with E-state index < -0.39 is 12.0 Å². The highest BCUT2D eigenvalue weighted by atomic mass is 19.3. The molecule has 0 unspecified atom stereocenters. The van der Waals surface area contributed by atoms with E-state index in [0.717, 1.165) is 36.2 Å². The van der Waals surface area contributed by atoms with Gasteiger partial charge in [0.1, 0.15) is 5.60 Å². The molecule has 1 saturated heterocycles. The van der Waals surface area contributed by atoms with Gasteiger partial charge in [0.25, 0.3) is 6.43 Å². The van der Waals surface area contributed by atoms with Crippen LogP contribution in [0.2, 0.25) is 0 Å². The van der Waals surface area contributed by atoms with Crippen molar-refractivity contribution < 1.29 is 18.3 Å². The molecule has 2 heterocycles. The summed E-state index contributed by atoms with van der Waals surface area (Å²) in [5.41, 5.74) is 5.15. The minimum absolute atomic E-state index is 0.0254. The van der Waals surface area contributed by atoms with E-state index in [1.165, 1.54) is 17.2 Å². The van der Waals surface area contributed by atoms with E-state index in [1.54, 1.807) is 11.8 Å². The molecule has 1 amide bonds. The molecule has 2 atom stereocenters. The predicted molar refractivity (Wildman–Crippen MR) is 170 cm³/mol. The third-order valence-corrected chi connectivity index (χ3v) is 8.06. The molecule has 5 nitrogen and oxygen atoms in total. The van der Waals surface area contributed by atoms with Gasteiger partial charge in [0.15, 0.2) is 0 Å². The molecule has 0 spiro atoms. The second kappa shape index (κ2) is 14.5. The number of carbonyl (C=O) groups is 1. The SMILES string of the molecule is C/C=C(\C1=C(N2C[C@@H](C)N(C(=O)OC(C)(C)C)C[C@@H]2C)C(C)=CCN=C1CCCCc1cccc(C(C)C)c1)C(F)F. The molecule has 0 N–H and O–H groups in total. The molecule has 1 aromatic rings. The summed E-state index contributed by atoms with van der Waals surface area (Å²) in [6.45, 7) is 19.1. The van der Waals surface area contributed by atoms with E-state index in [4.69, 9.17) is 9.73 Å². The molecule has 42 heavy (non-hydrogen) atoms. The molecule has 0 aromatic heterocycles. The highest BCUT2D eigenvalue weighted by Gasteiger charge is 2.38. The molecule has 1 fully saturated rings. The van der Waals surface area contributed by atoms with Gasteiger partial charge in [-0.2, -0.15) is 0 Å². The largest absolute Gasteiger partial charge is 0.444 e. The van der Waals surface area contributed by atoms with Gasteiger partial charge in [-0.05, 0) is 96.8 Å². The average Bonchev–Trinajstić information content (AvgIpc) is 3.05. The number of unbranched alkanes of at least 4 members (excludes halogenated alkanes) is 1. The van der Waals surface area contributed by atoms with Crippen molar-refractivity contribution in [3.63, 3.8) is 0 Å². The number of hydrogen-bond donors (Lipinski definition) is 0. The molecule has 2 aliphatic heterocycles. The zero-order chi connectivity index (χ0) is 31.2. The number of amides is 1. The lowest BCUT2D eigenvalue weighted by atomic mass is 9.90. The minimum atomic E-state index is -2.62. The van der Waals surface area contributed by atoms with E-state index in [0.29, 0.717) is 37.5 Å². The maximum absolute atomic E-state index is 14.6. The summed E-state index contributed by atoms with van der Waals surface area (Å²) in [4.78, 5) is 21.8. The van der Waals surface area contributed by atoms with Gasteiger partial charge in [0, 0.05) is 47.7 Å². The van der Waals surface area contributed by atoms with E-state index in [1.807, 2.05) is 47.6 Å². The number of benzene rings is 1. The first-order valence-corrected chi connectivity index (χ1v) is 15.5. The summed E-state index contributed by atoms with van der Waals surface area (Å²) in [5.74, 6) is 0.483. The molecular formula is C35H51F2N3O2. The summed E-state index contributed by atoms with van der Waals surface area (Å²) < 4.78 is 34.9. The number of aliphatic imine (C=N–C) groups is 1. The van der Waals surface area contributed by atoms with Gasteiger partial charge in [-0.15, -0.1) is 0 Å². The number of halogens is 2. The Balaban J connectivity index is 1.89. The van der Waals surface area contributed by atoms with Crippen LogP contribution in [0.15, 0.2) is 63.8 Å². The van der Waals surface area contributed by atoms with Crippen molar-refractivity contribution in [1.82, 2.24) is 9.80 Å². The van der Waals surface area contributed by atoms with E-state index >= 15 is 0 Å². The van der Waals surface area contributed by atoms with Crippen LogP contribution in [-0.2, 0) is 11.2 Å². The van der Waals surface area contributed by atoms with Gasteiger partial charge >= 0.3 is 6.09 Å². The third kappa shape index (κ3) is 8.54. The summed E-state index contributed by atoms with van der Waals surface area (Å²) in [7, 11) is 0. The Labute approximate surface area is 252 Å². The molecule has 7 heteroatoms. The monoisotopic (exact) mass is 583 g/mol. The van der Waals surface area contributed by atoms with Gasteiger partial charge in [-0.25, -0.2) is 13.6 Å². The Morgan fingerprint density at radius 2 is 1.81 bits per heavy atom. The van der Waals surface area contributed by atoms with E-state index in [9.17, 15) is 13.6 Å². The Bertz CT molecular complexity index is 1220. The molecule has 232 valence electrons. The van der Waals surface area contributed by atoms with Gasteiger partial charge in [-0.1, -0.05) is 50.3 Å². The topological polar surface area (TPSA) is 45.1 Å². The van der Waals surface area contributed by atoms with Crippen LogP contribution in [0.3, 0.4) is 0 Å². The number of nitrogens with zero attached hydrogens (tertiary/aromatic N) is 3. The van der Waals surface area contributed by atoms with Gasteiger partial charge in [-0.3, -0.25) is 4.99 Å². The van der Waals surface area contributed by atoms with Crippen molar-refractivity contribution in [2.45, 2.75) is 118 Å². The molecule has 2 aliphatic rings. The van der Waals surface area contributed by atoms with Crippen LogP contribution in [0.25, 0.3) is 0 Å². The zero-order valence-corrected chi connectivity index (χ0v) is 27.1. The second-order valence-corrected chi connectivity index (χ2v) is 13.0. The van der Waals surface area contributed by atoms with Crippen LogP contribution in [0, 0.1) is 0 Å². The predicted octanol–water partition coefficient (Wildman–Crippen LogP) is 8.72. The minimum Gasteiger partial charge on any atom is -0.444 e. The zero-order valence-electron chi connectivity index (χ0n) is 27.1. The quantitative estimate of drug-likeness (QED) is 0.273. The highest BCUT2D eigenvalue weighted by Crippen LogP contribution is 2.35. The number of ether oxygens (including phenoxy) is 1. The lowest BCUT2D eigenvalue weighted by Gasteiger charge is -2.47. The third-order valence-electron chi connectivity index (χ3n) is 8.06. The lowest BCUT2D eigenvalue weighted by Crippen LogP contribution is -2.58. The number of aryl methyl sites for hydroxylation is 1. The van der Waals surface area contributed by atoms with Crippen LogP contribution in [0.5, 0.6) is 0 Å². The number of piperazine rings is 1. The number of carbonyl (C=O) groups excluding carboxylic acids is 1. The number of alkyl halides is 2. The lowest BCUT2D eigenvalue weighted by molar-refractivity contribution is -0.00383. The van der Waals surface area contributed by atoms with Crippen molar-refractivity contribution in [1.29, 1.82) is 0 Å². The van der Waals surface area contributed by atoms with Crippen molar-refractivity contribution in [3.05, 3.63) is 70.0 Å². The van der Waals surface area contributed by atoms with E-state index in [-0.39, 0.29) is 23.8 Å². The fraction of sp³-hybridized carbons (Fsp3) is 0.600. The Morgan fingerprint density at radius 1 is 1.12 bits per heavy atom. The Kier molecular flexibility index (Phi) is 11.6. The first kappa shape index (κ1) is 33.5. The standard InChI is InChI=1S/C35H51F2N3O2/c1-10-29(33(36)37)31-30(17-12-11-14-27-15-13-16-28(20-27)23(2)3)38-19-18-24(4)32(31)39-21-26(6)40(22-25(39)5)34(41)42-35(7,8)9/h10,13,15-16,18,20,23,25-26,33H,11-12,14,17,19,21-22H2,1-9H3/b29-10+/t25-,26+/m0/s1. The highest BCUT2D eigenvalue weighted by molar-refractivity contribution is 6.05. The molecule has 0 saturated carbocycles. The number of rotatable bonds is 9. The Morgan fingerprint density at radius 3 is 2.43 bits per heavy atom. The molecule has 0 aliphatic carbocycles. The van der Waals surface area contributed by atoms with Crippen LogP contribution in [0.1, 0.15) is 98.6 Å². The van der Waals surface area contributed by atoms with Crippen LogP contribution >= 0.6 is 0 Å². The van der Waals surface area contributed by atoms with Gasteiger partial charge in [0.05, 0.1) is 6.54 Å². The van der Waals surface area contributed by atoms with Gasteiger partial charge in [0.2, 0.25) is 0 Å². The maximum atomic E-state index is 14.6. The first-order chi connectivity index (χ1) is 19.7. The molecule has 0 bridgehead atoms. The van der Waals surface area contributed by atoms with Crippen molar-refractivity contribution in [2.75, 3.05) is 19.6 Å². The summed E-state index contributed by atoms with van der Waals surface area (Å²) in [6.07, 6.45) is 4.01. The fourth-order valence-electron chi connectivity index (χ4n) is 5.80. The summed E-state index contributed by atoms with van der Waals surface area (Å²) >= 11 is 0. The molecule has 0 radical (unpaired) electrons. The molecule has 1 aromatic carbocycles. The van der Waals surface area contributed by atoms with E-state index in [2.05, 4.69) is 43.0 Å². The smallest absolute Gasteiger partial charge is 0.410 e. The summed E-state index contributed by atoms with van der Waals surface area (Å²) in [6, 6.07) is 8.49. The molecular weight excluding hydrogens is 532 g/mol. The van der Waals surface area contributed by atoms with Crippen LogP contribution in [-0.4, -0.2) is 65.3 Å². The fourth-order valence-corrected chi connectivity index (χ4v) is 5.80. The number of hydrogen-bond acceptors (Lipinski definition) is 4. The first-order valence-electron chi connectivity index (χ1n) is 15.5. The van der Waals surface area contributed by atoms with Crippen LogP contribution < -0.4 is 0 Å². The van der Waals surface area contributed by atoms with Crippen molar-refractivity contribution >= 4 is 11.8 Å². The van der Waals surface area contributed by atoms with Gasteiger partial charge < -0.3 is 14.5 Å². The molecule has 3 rings (SSSR count). The van der Waals surface area contributed by atoms with Crippen molar-refractivity contribution in [3.8, 4) is 0 Å². The van der Waals surface area contributed by atoms with Crippen molar-refractivity contribution in [2.24, 2.45) is 4.99 Å². The Hall–Kier alpha value is -2.96. The second-order valence-electron chi connectivity index (χ2n) is 13.0.